The van der Waals surface area contributed by atoms with Gasteiger partial charge in [0.05, 0.1) is 11.5 Å². The molecular formula is C11H14BrNO2S. The van der Waals surface area contributed by atoms with Crippen LogP contribution >= 0.6 is 15.9 Å². The number of nitrogens with one attached hydrogen (secondary N) is 1. The normalized spacial score (nSPS) is 23.2. The molecule has 0 aromatic heterocycles. The summed E-state index contributed by atoms with van der Waals surface area (Å²) in [6.07, 6.45) is 0.706. The predicted molar refractivity (Wildman–Crippen MR) is 69.6 cm³/mol. The van der Waals surface area contributed by atoms with Crippen LogP contribution in [-0.4, -0.2) is 26.0 Å². The van der Waals surface area contributed by atoms with Gasteiger partial charge in [-0.15, -0.1) is 0 Å². The standard InChI is InChI=1S/C11H14BrNO2S/c1-8-6-9(12)2-3-11(8)13-10-4-5-16(14,15)7-10/h2-3,6,10,13H,4-5,7H2,1H3. The smallest absolute Gasteiger partial charge is 0.152 e. The summed E-state index contributed by atoms with van der Waals surface area (Å²) in [5, 5.41) is 3.29. The van der Waals surface area contributed by atoms with Crippen molar-refractivity contribution in [2.45, 2.75) is 19.4 Å². The molecule has 0 radical (unpaired) electrons. The van der Waals surface area contributed by atoms with Gasteiger partial charge >= 0.3 is 0 Å². The van der Waals surface area contributed by atoms with Crippen molar-refractivity contribution in [3.63, 3.8) is 0 Å². The van der Waals surface area contributed by atoms with Crippen LogP contribution in [0.2, 0.25) is 0 Å². The topological polar surface area (TPSA) is 46.2 Å². The zero-order chi connectivity index (χ0) is 11.8. The van der Waals surface area contributed by atoms with Crippen molar-refractivity contribution >= 4 is 31.5 Å². The third-order valence-electron chi connectivity index (χ3n) is 2.78. The SMILES string of the molecule is Cc1cc(Br)ccc1NC1CCS(=O)(=O)C1. The minimum atomic E-state index is -2.81. The first kappa shape index (κ1) is 11.9. The van der Waals surface area contributed by atoms with Crippen molar-refractivity contribution in [3.8, 4) is 0 Å². The Balaban J connectivity index is 2.11. The molecule has 1 heterocycles. The zero-order valence-electron chi connectivity index (χ0n) is 9.03. The fraction of sp³-hybridized carbons (Fsp3) is 0.455. The molecular weight excluding hydrogens is 290 g/mol. The lowest BCUT2D eigenvalue weighted by atomic mass is 10.1. The number of sulfone groups is 1. The highest BCUT2D eigenvalue weighted by atomic mass is 79.9. The van der Waals surface area contributed by atoms with Crippen molar-refractivity contribution in [1.29, 1.82) is 0 Å². The summed E-state index contributed by atoms with van der Waals surface area (Å²) < 4.78 is 23.7. The van der Waals surface area contributed by atoms with E-state index in [1.165, 1.54) is 0 Å². The van der Waals surface area contributed by atoms with E-state index in [9.17, 15) is 8.42 Å². The van der Waals surface area contributed by atoms with Gasteiger partial charge in [0.1, 0.15) is 0 Å². The van der Waals surface area contributed by atoms with Crippen LogP contribution < -0.4 is 5.32 Å². The van der Waals surface area contributed by atoms with Crippen molar-refractivity contribution in [2.75, 3.05) is 16.8 Å². The molecule has 3 nitrogen and oxygen atoms in total. The molecule has 1 saturated heterocycles. The summed E-state index contributed by atoms with van der Waals surface area (Å²) in [6.45, 7) is 2.01. The number of hydrogen-bond acceptors (Lipinski definition) is 3. The van der Waals surface area contributed by atoms with Crippen LogP contribution in [-0.2, 0) is 9.84 Å². The summed E-state index contributed by atoms with van der Waals surface area (Å²) >= 11 is 3.40. The lowest BCUT2D eigenvalue weighted by Crippen LogP contribution is -2.20. The Morgan fingerprint density at radius 1 is 1.44 bits per heavy atom. The fourth-order valence-electron chi connectivity index (χ4n) is 1.92. The quantitative estimate of drug-likeness (QED) is 0.912. The second-order valence-electron chi connectivity index (χ2n) is 4.20. The van der Waals surface area contributed by atoms with E-state index in [0.29, 0.717) is 12.2 Å². The van der Waals surface area contributed by atoms with Crippen LogP contribution in [0.4, 0.5) is 5.69 Å². The molecule has 1 N–H and O–H groups in total. The number of hydrogen-bond donors (Lipinski definition) is 1. The highest BCUT2D eigenvalue weighted by Gasteiger charge is 2.27. The minimum Gasteiger partial charge on any atom is -0.381 e. The van der Waals surface area contributed by atoms with E-state index in [0.717, 1.165) is 15.7 Å². The minimum absolute atomic E-state index is 0.0601. The van der Waals surface area contributed by atoms with Crippen LogP contribution in [0.3, 0.4) is 0 Å². The molecule has 1 atom stereocenters. The average molecular weight is 304 g/mol. The number of benzene rings is 1. The number of aryl methyl sites for hydroxylation is 1. The van der Waals surface area contributed by atoms with Gasteiger partial charge < -0.3 is 5.32 Å². The highest BCUT2D eigenvalue weighted by Crippen LogP contribution is 2.23. The fourth-order valence-corrected chi connectivity index (χ4v) is 4.07. The van der Waals surface area contributed by atoms with Crippen molar-refractivity contribution in [3.05, 3.63) is 28.2 Å². The van der Waals surface area contributed by atoms with Gasteiger partial charge in [-0.3, -0.25) is 0 Å². The van der Waals surface area contributed by atoms with Crippen LogP contribution in [0.5, 0.6) is 0 Å². The summed E-state index contributed by atoms with van der Waals surface area (Å²) in [7, 11) is -2.81. The first-order valence-electron chi connectivity index (χ1n) is 5.19. The second kappa shape index (κ2) is 4.37. The predicted octanol–water partition coefficient (Wildman–Crippen LogP) is 2.36. The van der Waals surface area contributed by atoms with Crippen LogP contribution in [0.15, 0.2) is 22.7 Å². The zero-order valence-corrected chi connectivity index (χ0v) is 11.4. The Hall–Kier alpha value is -0.550. The average Bonchev–Trinajstić information content (AvgIpc) is 2.51. The Bertz CT molecular complexity index is 499. The van der Waals surface area contributed by atoms with E-state index in [1.54, 1.807) is 0 Å². The molecule has 1 aliphatic rings. The van der Waals surface area contributed by atoms with Gasteiger partial charge in [0.15, 0.2) is 9.84 Å². The Labute approximate surface area is 104 Å². The number of anilines is 1. The van der Waals surface area contributed by atoms with Crippen LogP contribution in [0.25, 0.3) is 0 Å². The third kappa shape index (κ3) is 2.77. The van der Waals surface area contributed by atoms with Crippen LogP contribution in [0, 0.1) is 6.92 Å². The van der Waals surface area contributed by atoms with Crippen molar-refractivity contribution < 1.29 is 8.42 Å². The highest BCUT2D eigenvalue weighted by molar-refractivity contribution is 9.10. The maximum atomic E-state index is 11.3. The molecule has 1 fully saturated rings. The van der Waals surface area contributed by atoms with Crippen molar-refractivity contribution in [1.82, 2.24) is 0 Å². The maximum Gasteiger partial charge on any atom is 0.152 e. The van der Waals surface area contributed by atoms with E-state index < -0.39 is 9.84 Å². The molecule has 0 bridgehead atoms. The van der Waals surface area contributed by atoms with E-state index in [1.807, 2.05) is 25.1 Å². The summed E-state index contributed by atoms with van der Waals surface area (Å²) in [4.78, 5) is 0. The molecule has 0 amide bonds. The Morgan fingerprint density at radius 3 is 2.75 bits per heavy atom. The molecule has 0 spiro atoms. The summed E-state index contributed by atoms with van der Waals surface area (Å²) in [5.41, 5.74) is 2.14. The second-order valence-corrected chi connectivity index (χ2v) is 7.35. The van der Waals surface area contributed by atoms with E-state index in [4.69, 9.17) is 0 Å². The van der Waals surface area contributed by atoms with Gasteiger partial charge in [-0.05, 0) is 37.1 Å². The molecule has 16 heavy (non-hydrogen) atoms. The van der Waals surface area contributed by atoms with Gasteiger partial charge in [-0.1, -0.05) is 15.9 Å². The molecule has 88 valence electrons. The summed E-state index contributed by atoms with van der Waals surface area (Å²) in [6, 6.07) is 6.01. The lowest BCUT2D eigenvalue weighted by Gasteiger charge is -2.14. The first-order valence-corrected chi connectivity index (χ1v) is 7.81. The molecule has 0 saturated carbocycles. The van der Waals surface area contributed by atoms with Gasteiger partial charge in [-0.2, -0.15) is 0 Å². The number of halogens is 1. The van der Waals surface area contributed by atoms with E-state index in [2.05, 4.69) is 21.2 Å². The number of rotatable bonds is 2. The van der Waals surface area contributed by atoms with Crippen LogP contribution in [0.1, 0.15) is 12.0 Å². The van der Waals surface area contributed by atoms with Gasteiger partial charge in [0.2, 0.25) is 0 Å². The monoisotopic (exact) mass is 303 g/mol. The van der Waals surface area contributed by atoms with Gasteiger partial charge in [0, 0.05) is 16.2 Å². The molecule has 1 aromatic carbocycles. The third-order valence-corrected chi connectivity index (χ3v) is 5.04. The van der Waals surface area contributed by atoms with Gasteiger partial charge in [0.25, 0.3) is 0 Å². The molecule has 1 unspecified atom stereocenters. The van der Waals surface area contributed by atoms with Gasteiger partial charge in [-0.25, -0.2) is 8.42 Å². The molecule has 0 aliphatic carbocycles. The largest absolute Gasteiger partial charge is 0.381 e. The molecule has 2 rings (SSSR count). The van der Waals surface area contributed by atoms with Crippen molar-refractivity contribution in [2.24, 2.45) is 0 Å². The molecule has 5 heteroatoms. The summed E-state index contributed by atoms with van der Waals surface area (Å²) in [5.74, 6) is 0.558. The first-order chi connectivity index (χ1) is 7.46. The Kier molecular flexibility index (Phi) is 3.26. The lowest BCUT2D eigenvalue weighted by molar-refractivity contribution is 0.602. The molecule has 1 aromatic rings. The van der Waals surface area contributed by atoms with E-state index in [-0.39, 0.29) is 11.8 Å². The maximum absolute atomic E-state index is 11.3. The van der Waals surface area contributed by atoms with E-state index >= 15 is 0 Å². The molecule has 1 aliphatic heterocycles. The Morgan fingerprint density at radius 2 is 2.19 bits per heavy atom.